The van der Waals surface area contributed by atoms with Gasteiger partial charge in [0.25, 0.3) is 0 Å². The fraction of sp³-hybridized carbons (Fsp3) is 0.500. The van der Waals surface area contributed by atoms with E-state index in [1.54, 1.807) is 45.9 Å². The van der Waals surface area contributed by atoms with Gasteiger partial charge in [-0.1, -0.05) is 26.0 Å². The molecule has 15 heteroatoms. The third-order valence-corrected chi connectivity index (χ3v) is 10.3. The van der Waals surface area contributed by atoms with Crippen LogP contribution in [0.15, 0.2) is 30.3 Å². The second-order valence-electron chi connectivity index (χ2n) is 12.4. The van der Waals surface area contributed by atoms with E-state index >= 15 is 4.39 Å². The van der Waals surface area contributed by atoms with E-state index in [9.17, 15) is 37.2 Å². The molecular formula is C30H38FN2O10PS. The van der Waals surface area contributed by atoms with Gasteiger partial charge in [-0.25, -0.2) is 22.2 Å². The molecule has 0 spiro atoms. The minimum Gasteiger partial charge on any atom is -0.442 e. The normalized spacial score (nSPS) is 18.9. The number of phosphoric acid groups is 1. The summed E-state index contributed by atoms with van der Waals surface area (Å²) in [6, 6.07) is 7.55. The highest BCUT2D eigenvalue weighted by Crippen LogP contribution is 2.45. The lowest BCUT2D eigenvalue weighted by Crippen LogP contribution is -2.44. The topological polar surface area (TPSA) is 168 Å². The number of cyclic esters (lactones) is 1. The van der Waals surface area contributed by atoms with Crippen LogP contribution in [-0.2, 0) is 34.1 Å². The van der Waals surface area contributed by atoms with Gasteiger partial charge < -0.3 is 9.26 Å². The lowest BCUT2D eigenvalue weighted by molar-refractivity contribution is -0.145. The van der Waals surface area contributed by atoms with E-state index in [1.165, 1.54) is 24.0 Å². The van der Waals surface area contributed by atoms with Crippen molar-refractivity contribution < 1.29 is 50.8 Å². The predicted octanol–water partition coefficient (Wildman–Crippen LogP) is 4.27. The van der Waals surface area contributed by atoms with Crippen molar-refractivity contribution in [3.05, 3.63) is 58.4 Å². The van der Waals surface area contributed by atoms with Gasteiger partial charge in [-0.3, -0.25) is 29.2 Å². The molecule has 1 atom stereocenters. The lowest BCUT2D eigenvalue weighted by Gasteiger charge is -2.31. The summed E-state index contributed by atoms with van der Waals surface area (Å²) in [5.41, 5.74) is 1.30. The SMILES string of the molecule is CC(=O)N(C[C@H]1CN(c2ccc(C3CCS(=O)(=O)CC3)c(F)c2)C(=O)O1)C(=O)CC(C)(C)c1c(C)cc(C)cc1OP(=O)(O)O. The Morgan fingerprint density at radius 1 is 1.16 bits per heavy atom. The maximum atomic E-state index is 15.1. The summed E-state index contributed by atoms with van der Waals surface area (Å²) in [7, 11) is -8.02. The van der Waals surface area contributed by atoms with Gasteiger partial charge in [0.05, 0.1) is 30.3 Å². The maximum Gasteiger partial charge on any atom is 0.524 e. The zero-order chi connectivity index (χ0) is 33.5. The number of hydrogen-bond acceptors (Lipinski definition) is 8. The zero-order valence-electron chi connectivity index (χ0n) is 25.8. The minimum atomic E-state index is -4.92. The van der Waals surface area contributed by atoms with E-state index in [0.717, 1.165) is 4.90 Å². The van der Waals surface area contributed by atoms with Crippen LogP contribution in [0, 0.1) is 19.7 Å². The molecule has 0 aliphatic carbocycles. The number of carbonyl (C=O) groups excluding carboxylic acids is 3. The molecule has 3 amide bonds. The highest BCUT2D eigenvalue weighted by Gasteiger charge is 2.39. The number of ether oxygens (including phenoxy) is 1. The fourth-order valence-electron chi connectivity index (χ4n) is 6.21. The van der Waals surface area contributed by atoms with Crippen molar-refractivity contribution in [3.63, 3.8) is 0 Å². The number of rotatable bonds is 9. The predicted molar refractivity (Wildman–Crippen MR) is 163 cm³/mol. The van der Waals surface area contributed by atoms with Crippen molar-refractivity contribution >= 4 is 41.3 Å². The first-order valence-electron chi connectivity index (χ1n) is 14.4. The number of halogens is 1. The summed E-state index contributed by atoms with van der Waals surface area (Å²) >= 11 is 0. The second kappa shape index (κ2) is 12.8. The summed E-state index contributed by atoms with van der Waals surface area (Å²) in [6.45, 7) is 7.72. The molecule has 2 N–H and O–H groups in total. The quantitative estimate of drug-likeness (QED) is 0.368. The highest BCUT2D eigenvalue weighted by molar-refractivity contribution is 7.91. The monoisotopic (exact) mass is 668 g/mol. The summed E-state index contributed by atoms with van der Waals surface area (Å²) in [5.74, 6) is -2.09. The molecule has 45 heavy (non-hydrogen) atoms. The number of benzene rings is 2. The number of hydrogen-bond donors (Lipinski definition) is 2. The van der Waals surface area contributed by atoms with Gasteiger partial charge in [-0.05, 0) is 67.5 Å². The molecule has 2 heterocycles. The number of aryl methyl sites for hydroxylation is 2. The van der Waals surface area contributed by atoms with Crippen LogP contribution in [0.2, 0.25) is 0 Å². The van der Waals surface area contributed by atoms with E-state index in [1.807, 2.05) is 0 Å². The average Bonchev–Trinajstić information content (AvgIpc) is 3.25. The molecule has 0 bridgehead atoms. The third kappa shape index (κ3) is 8.29. The molecular weight excluding hydrogens is 630 g/mol. The summed E-state index contributed by atoms with van der Waals surface area (Å²) in [6.07, 6.45) is -1.29. The molecule has 246 valence electrons. The van der Waals surface area contributed by atoms with Crippen LogP contribution in [0.1, 0.15) is 68.2 Å². The fourth-order valence-corrected chi connectivity index (χ4v) is 8.10. The van der Waals surface area contributed by atoms with Crippen LogP contribution in [0.25, 0.3) is 0 Å². The van der Waals surface area contributed by atoms with Crippen LogP contribution in [0.5, 0.6) is 5.75 Å². The largest absolute Gasteiger partial charge is 0.524 e. The molecule has 2 saturated heterocycles. The molecule has 0 saturated carbocycles. The second-order valence-corrected chi connectivity index (χ2v) is 15.8. The van der Waals surface area contributed by atoms with Crippen LogP contribution in [0.4, 0.5) is 14.9 Å². The molecule has 4 rings (SSSR count). The van der Waals surface area contributed by atoms with Crippen molar-refractivity contribution in [2.45, 2.75) is 71.3 Å². The number of amides is 3. The van der Waals surface area contributed by atoms with Gasteiger partial charge >= 0.3 is 13.9 Å². The number of nitrogens with zero attached hydrogens (tertiary/aromatic N) is 2. The number of sulfone groups is 1. The summed E-state index contributed by atoms with van der Waals surface area (Å²) in [4.78, 5) is 59.9. The third-order valence-electron chi connectivity index (χ3n) is 8.16. The van der Waals surface area contributed by atoms with Gasteiger partial charge in [0, 0.05) is 24.3 Å². The molecule has 2 fully saturated rings. The Morgan fingerprint density at radius 2 is 1.80 bits per heavy atom. The first kappa shape index (κ1) is 34.6. The maximum absolute atomic E-state index is 15.1. The molecule has 0 unspecified atom stereocenters. The molecule has 12 nitrogen and oxygen atoms in total. The summed E-state index contributed by atoms with van der Waals surface area (Å²) < 4.78 is 60.7. The molecule has 0 radical (unpaired) electrons. The van der Waals surface area contributed by atoms with Crippen molar-refractivity contribution in [2.24, 2.45) is 0 Å². The van der Waals surface area contributed by atoms with E-state index in [-0.39, 0.29) is 48.4 Å². The number of phosphoric ester groups is 1. The van der Waals surface area contributed by atoms with Crippen LogP contribution < -0.4 is 9.42 Å². The Balaban J connectivity index is 1.48. The van der Waals surface area contributed by atoms with Gasteiger partial charge in [0.1, 0.15) is 27.5 Å². The molecule has 2 aromatic carbocycles. The molecule has 0 aromatic heterocycles. The van der Waals surface area contributed by atoms with Gasteiger partial charge in [-0.2, -0.15) is 0 Å². The zero-order valence-corrected chi connectivity index (χ0v) is 27.5. The van der Waals surface area contributed by atoms with Crippen molar-refractivity contribution in [2.75, 3.05) is 29.5 Å². The van der Waals surface area contributed by atoms with Gasteiger partial charge in [-0.15, -0.1) is 0 Å². The van der Waals surface area contributed by atoms with Crippen molar-refractivity contribution in [1.82, 2.24) is 4.90 Å². The Morgan fingerprint density at radius 3 is 2.38 bits per heavy atom. The standard InChI is InChI=1S/C30H38FN2O10PS/c1-18-12-19(2)28(26(13-18)43-44(37,38)39)30(4,5)15-27(35)32(20(3)34)16-23-17-33(29(36)42-23)22-6-7-24(25(31)14-22)21-8-10-45(40,41)11-9-21/h6-7,12-14,21,23H,8-11,15-17H2,1-5H3,(H2,37,38,39)/t23-/m0/s1. The van der Waals surface area contributed by atoms with Crippen LogP contribution >= 0.6 is 7.82 Å². The lowest BCUT2D eigenvalue weighted by atomic mass is 9.78. The van der Waals surface area contributed by atoms with E-state index in [4.69, 9.17) is 9.26 Å². The van der Waals surface area contributed by atoms with Crippen molar-refractivity contribution in [3.8, 4) is 5.75 Å². The minimum absolute atomic E-state index is 0.00545. The first-order valence-corrected chi connectivity index (χ1v) is 17.8. The number of carbonyl (C=O) groups is 3. The summed E-state index contributed by atoms with van der Waals surface area (Å²) in [5, 5.41) is 0. The van der Waals surface area contributed by atoms with Crippen LogP contribution in [0.3, 0.4) is 0 Å². The molecule has 2 aliphatic heterocycles. The average molecular weight is 669 g/mol. The Bertz CT molecular complexity index is 1660. The molecule has 2 aromatic rings. The Kier molecular flexibility index (Phi) is 9.84. The molecule has 2 aliphatic rings. The van der Waals surface area contributed by atoms with Gasteiger partial charge in [0.15, 0.2) is 0 Å². The van der Waals surface area contributed by atoms with Crippen LogP contribution in [-0.4, -0.2) is 71.7 Å². The van der Waals surface area contributed by atoms with Gasteiger partial charge in [0.2, 0.25) is 11.8 Å². The highest BCUT2D eigenvalue weighted by atomic mass is 32.2. The van der Waals surface area contributed by atoms with E-state index in [0.29, 0.717) is 35.1 Å². The van der Waals surface area contributed by atoms with Crippen molar-refractivity contribution in [1.29, 1.82) is 0 Å². The Labute approximate surface area is 261 Å². The Hall–Kier alpha value is -3.32. The first-order chi connectivity index (χ1) is 20.8. The smallest absolute Gasteiger partial charge is 0.442 e. The number of imide groups is 1. The van der Waals surface area contributed by atoms with E-state index in [2.05, 4.69) is 0 Å². The van der Waals surface area contributed by atoms with E-state index < -0.39 is 52.9 Å². The number of anilines is 1.